The predicted octanol–water partition coefficient (Wildman–Crippen LogP) is 3.25. The summed E-state index contributed by atoms with van der Waals surface area (Å²) in [5, 5.41) is 3.31. The van der Waals surface area contributed by atoms with Gasteiger partial charge in [0.15, 0.2) is 0 Å². The molecule has 1 atom stereocenters. The van der Waals surface area contributed by atoms with Crippen molar-refractivity contribution >= 4 is 5.78 Å². The van der Waals surface area contributed by atoms with Gasteiger partial charge in [-0.1, -0.05) is 6.07 Å². The summed E-state index contributed by atoms with van der Waals surface area (Å²) in [6.07, 6.45) is 1.44. The molecule has 1 aromatic rings. The van der Waals surface area contributed by atoms with Crippen molar-refractivity contribution in [1.29, 1.82) is 0 Å². The van der Waals surface area contributed by atoms with Crippen molar-refractivity contribution in [3.8, 4) is 5.75 Å². The second kappa shape index (κ2) is 6.71. The third-order valence-electron chi connectivity index (χ3n) is 3.78. The first kappa shape index (κ1) is 15.7. The van der Waals surface area contributed by atoms with Gasteiger partial charge in [0.1, 0.15) is 11.5 Å². The summed E-state index contributed by atoms with van der Waals surface area (Å²) >= 11 is 0. The molecule has 106 valence electrons. The van der Waals surface area contributed by atoms with Crippen LogP contribution in [0.15, 0.2) is 6.07 Å². The van der Waals surface area contributed by atoms with Gasteiger partial charge in [0.25, 0.3) is 0 Å². The number of Topliss-reactive ketones (excluding diaryl/α,β-unsaturated/α-hetero) is 1. The predicted molar refractivity (Wildman–Crippen MR) is 78.9 cm³/mol. The second-order valence-electron chi connectivity index (χ2n) is 5.15. The summed E-state index contributed by atoms with van der Waals surface area (Å²) in [5.74, 6) is 1.20. The van der Waals surface area contributed by atoms with Crippen molar-refractivity contribution in [2.45, 2.75) is 46.6 Å². The first-order valence-electron chi connectivity index (χ1n) is 6.73. The van der Waals surface area contributed by atoms with Crippen LogP contribution in [0.5, 0.6) is 5.75 Å². The number of carbonyl (C=O) groups excluding carboxylic acids is 1. The molecule has 1 N–H and O–H groups in total. The van der Waals surface area contributed by atoms with E-state index in [2.05, 4.69) is 32.2 Å². The van der Waals surface area contributed by atoms with Crippen LogP contribution in [0.3, 0.4) is 0 Å². The van der Waals surface area contributed by atoms with Crippen LogP contribution in [0.25, 0.3) is 0 Å². The summed E-state index contributed by atoms with van der Waals surface area (Å²) in [6, 6.07) is 2.38. The minimum atomic E-state index is 0.215. The Hall–Kier alpha value is -1.35. The van der Waals surface area contributed by atoms with Gasteiger partial charge >= 0.3 is 0 Å². The summed E-state index contributed by atoms with van der Waals surface area (Å²) < 4.78 is 5.45. The lowest BCUT2D eigenvalue weighted by Gasteiger charge is -2.22. The molecule has 1 unspecified atom stereocenters. The van der Waals surface area contributed by atoms with Crippen molar-refractivity contribution in [3.63, 3.8) is 0 Å². The fourth-order valence-electron chi connectivity index (χ4n) is 2.57. The van der Waals surface area contributed by atoms with E-state index in [9.17, 15) is 4.79 Å². The number of aryl methyl sites for hydroxylation is 1. The highest BCUT2D eigenvalue weighted by Crippen LogP contribution is 2.32. The Labute approximate surface area is 116 Å². The Morgan fingerprint density at radius 2 is 1.95 bits per heavy atom. The summed E-state index contributed by atoms with van der Waals surface area (Å²) in [6.45, 7) is 7.91. The Morgan fingerprint density at radius 3 is 2.42 bits per heavy atom. The highest BCUT2D eigenvalue weighted by molar-refractivity contribution is 5.75. The molecule has 0 saturated heterocycles. The lowest BCUT2D eigenvalue weighted by atomic mass is 9.91. The number of ether oxygens (including phenoxy) is 1. The minimum absolute atomic E-state index is 0.215. The molecule has 0 fully saturated rings. The molecule has 0 bridgehead atoms. The average Bonchev–Trinajstić information content (AvgIpc) is 2.36. The lowest BCUT2D eigenvalue weighted by Crippen LogP contribution is -2.19. The molecule has 3 nitrogen and oxygen atoms in total. The molecule has 0 aliphatic carbocycles. The van der Waals surface area contributed by atoms with E-state index in [1.807, 2.05) is 7.05 Å². The molecule has 0 aromatic heterocycles. The fourth-order valence-corrected chi connectivity index (χ4v) is 2.57. The van der Waals surface area contributed by atoms with Crippen LogP contribution >= 0.6 is 0 Å². The molecule has 0 radical (unpaired) electrons. The van der Waals surface area contributed by atoms with Gasteiger partial charge in [-0.2, -0.15) is 0 Å². The Kier molecular flexibility index (Phi) is 5.55. The smallest absolute Gasteiger partial charge is 0.129 e. The Morgan fingerprint density at radius 1 is 1.32 bits per heavy atom. The molecular weight excluding hydrogens is 238 g/mol. The van der Waals surface area contributed by atoms with Gasteiger partial charge in [0.05, 0.1) is 7.11 Å². The molecule has 19 heavy (non-hydrogen) atoms. The number of hydrogen-bond acceptors (Lipinski definition) is 3. The van der Waals surface area contributed by atoms with E-state index in [1.54, 1.807) is 14.0 Å². The first-order chi connectivity index (χ1) is 8.92. The van der Waals surface area contributed by atoms with Gasteiger partial charge in [-0.25, -0.2) is 0 Å². The van der Waals surface area contributed by atoms with Crippen LogP contribution < -0.4 is 10.1 Å². The molecule has 0 spiro atoms. The van der Waals surface area contributed by atoms with E-state index in [-0.39, 0.29) is 11.8 Å². The number of benzene rings is 1. The van der Waals surface area contributed by atoms with Crippen LogP contribution in [0.4, 0.5) is 0 Å². The SMILES string of the molecule is CNC(CCC(C)=O)c1cc(C)c(OC)c(C)c1C. The van der Waals surface area contributed by atoms with Crippen LogP contribution in [0.2, 0.25) is 0 Å². The van der Waals surface area contributed by atoms with Crippen LogP contribution in [0.1, 0.15) is 48.1 Å². The van der Waals surface area contributed by atoms with Crippen LogP contribution in [0, 0.1) is 20.8 Å². The number of methoxy groups -OCH3 is 1. The van der Waals surface area contributed by atoms with Crippen molar-refractivity contribution < 1.29 is 9.53 Å². The highest BCUT2D eigenvalue weighted by atomic mass is 16.5. The van der Waals surface area contributed by atoms with Crippen LogP contribution in [-0.4, -0.2) is 19.9 Å². The normalized spacial score (nSPS) is 12.3. The maximum absolute atomic E-state index is 11.2. The number of carbonyl (C=O) groups is 1. The van der Waals surface area contributed by atoms with E-state index in [0.29, 0.717) is 6.42 Å². The molecule has 0 aliphatic rings. The zero-order valence-corrected chi connectivity index (χ0v) is 12.9. The van der Waals surface area contributed by atoms with E-state index in [0.717, 1.165) is 17.7 Å². The number of ketones is 1. The minimum Gasteiger partial charge on any atom is -0.496 e. The third kappa shape index (κ3) is 3.57. The van der Waals surface area contributed by atoms with Crippen molar-refractivity contribution in [1.82, 2.24) is 5.32 Å². The standard InChI is InChI=1S/C16H25NO2/c1-10-9-14(12(3)13(4)16(10)19-6)15(17-5)8-7-11(2)18/h9,15,17H,7-8H2,1-6H3. The van der Waals surface area contributed by atoms with Gasteiger partial charge in [-0.15, -0.1) is 0 Å². The first-order valence-corrected chi connectivity index (χ1v) is 6.73. The molecule has 0 saturated carbocycles. The molecule has 0 heterocycles. The quantitative estimate of drug-likeness (QED) is 0.856. The highest BCUT2D eigenvalue weighted by Gasteiger charge is 2.17. The molecule has 1 aromatic carbocycles. The molecule has 0 amide bonds. The number of hydrogen-bond donors (Lipinski definition) is 1. The van der Waals surface area contributed by atoms with Gasteiger partial charge in [-0.05, 0) is 63.4 Å². The van der Waals surface area contributed by atoms with E-state index < -0.39 is 0 Å². The van der Waals surface area contributed by atoms with Crippen molar-refractivity contribution in [3.05, 3.63) is 28.3 Å². The zero-order chi connectivity index (χ0) is 14.6. The Balaban J connectivity index is 3.14. The third-order valence-corrected chi connectivity index (χ3v) is 3.78. The zero-order valence-electron chi connectivity index (χ0n) is 12.9. The molecular formula is C16H25NO2. The van der Waals surface area contributed by atoms with Gasteiger partial charge in [-0.3, -0.25) is 0 Å². The topological polar surface area (TPSA) is 38.3 Å². The maximum Gasteiger partial charge on any atom is 0.129 e. The van der Waals surface area contributed by atoms with Gasteiger partial charge in [0.2, 0.25) is 0 Å². The summed E-state index contributed by atoms with van der Waals surface area (Å²) in [4.78, 5) is 11.2. The summed E-state index contributed by atoms with van der Waals surface area (Å²) in [5.41, 5.74) is 4.83. The maximum atomic E-state index is 11.2. The van der Waals surface area contributed by atoms with E-state index >= 15 is 0 Å². The van der Waals surface area contributed by atoms with Gasteiger partial charge in [0, 0.05) is 12.5 Å². The monoisotopic (exact) mass is 263 g/mol. The number of rotatable bonds is 6. The van der Waals surface area contributed by atoms with Gasteiger partial charge < -0.3 is 14.8 Å². The summed E-state index contributed by atoms with van der Waals surface area (Å²) in [7, 11) is 3.65. The largest absolute Gasteiger partial charge is 0.496 e. The molecule has 1 rings (SSSR count). The lowest BCUT2D eigenvalue weighted by molar-refractivity contribution is -0.117. The molecule has 0 aliphatic heterocycles. The average molecular weight is 263 g/mol. The van der Waals surface area contributed by atoms with Crippen LogP contribution in [-0.2, 0) is 4.79 Å². The fraction of sp³-hybridized carbons (Fsp3) is 0.562. The Bertz CT molecular complexity index is 466. The molecule has 3 heteroatoms. The van der Waals surface area contributed by atoms with Crippen molar-refractivity contribution in [2.24, 2.45) is 0 Å². The van der Waals surface area contributed by atoms with E-state index in [1.165, 1.54) is 16.7 Å². The second-order valence-corrected chi connectivity index (χ2v) is 5.15. The number of nitrogens with one attached hydrogen (secondary N) is 1. The van der Waals surface area contributed by atoms with Crippen molar-refractivity contribution in [2.75, 3.05) is 14.2 Å². The van der Waals surface area contributed by atoms with E-state index in [4.69, 9.17) is 4.74 Å².